The lowest BCUT2D eigenvalue weighted by Crippen LogP contribution is -2.07. The van der Waals surface area contributed by atoms with Crippen LogP contribution in [0.3, 0.4) is 0 Å². The van der Waals surface area contributed by atoms with Gasteiger partial charge in [-0.3, -0.25) is 0 Å². The van der Waals surface area contributed by atoms with E-state index in [2.05, 4.69) is 13.0 Å². The van der Waals surface area contributed by atoms with Gasteiger partial charge in [-0.05, 0) is 53.9 Å². The molecule has 0 saturated heterocycles. The van der Waals surface area contributed by atoms with Crippen molar-refractivity contribution in [2.75, 3.05) is 0 Å². The molecule has 0 N–H and O–H groups in total. The maximum Gasteiger partial charge on any atom is 0.167 e. The van der Waals surface area contributed by atoms with E-state index in [0.717, 1.165) is 24.8 Å². The Balaban J connectivity index is 1.54. The molecular formula is C31H32F4. The molecule has 0 aromatic heterocycles. The number of hydrogen-bond donors (Lipinski definition) is 0. The molecule has 0 aliphatic heterocycles. The Kier molecular flexibility index (Phi) is 8.10. The number of allylic oxidation sites excluding steroid dienone is 2. The summed E-state index contributed by atoms with van der Waals surface area (Å²) in [7, 11) is 0. The summed E-state index contributed by atoms with van der Waals surface area (Å²) in [6, 6.07) is 12.8. The van der Waals surface area contributed by atoms with Crippen LogP contribution in [0.1, 0.15) is 69.9 Å². The smallest absolute Gasteiger partial charge is 0.167 e. The predicted molar refractivity (Wildman–Crippen MR) is 136 cm³/mol. The minimum Gasteiger partial charge on any atom is -0.203 e. The van der Waals surface area contributed by atoms with Crippen molar-refractivity contribution in [3.05, 3.63) is 89.0 Å². The van der Waals surface area contributed by atoms with Crippen molar-refractivity contribution in [1.82, 2.24) is 0 Å². The highest BCUT2D eigenvalue weighted by Gasteiger charge is 2.21. The van der Waals surface area contributed by atoms with Crippen molar-refractivity contribution in [2.24, 2.45) is 5.92 Å². The fraction of sp³-hybridized carbons (Fsp3) is 0.355. The first-order valence-electron chi connectivity index (χ1n) is 12.7. The molecule has 1 atom stereocenters. The fourth-order valence-electron chi connectivity index (χ4n) is 5.01. The molecule has 0 heterocycles. The van der Waals surface area contributed by atoms with Crippen LogP contribution in [-0.4, -0.2) is 0 Å². The van der Waals surface area contributed by atoms with E-state index in [-0.39, 0.29) is 11.1 Å². The highest BCUT2D eigenvalue weighted by Crippen LogP contribution is 2.37. The number of hydrogen-bond acceptors (Lipinski definition) is 0. The first-order chi connectivity index (χ1) is 16.9. The standard InChI is InChI=1S/C31H32F4/c1-3-5-6-7-20-8-10-22(11-9-20)26-18-19-27(31(35)30(26)34)24-14-12-23(13-15-24)25-17-16-21(4-2)28(32)29(25)33/h10,12-20H,3-9,11H2,1-2H3. The van der Waals surface area contributed by atoms with Gasteiger partial charge in [-0.1, -0.05) is 94.1 Å². The Morgan fingerprint density at radius 1 is 0.686 bits per heavy atom. The molecule has 184 valence electrons. The second-order valence-electron chi connectivity index (χ2n) is 9.49. The van der Waals surface area contributed by atoms with Crippen molar-refractivity contribution >= 4 is 5.57 Å². The van der Waals surface area contributed by atoms with Crippen molar-refractivity contribution in [2.45, 2.75) is 65.2 Å². The molecule has 35 heavy (non-hydrogen) atoms. The van der Waals surface area contributed by atoms with Gasteiger partial charge in [0.1, 0.15) is 0 Å². The van der Waals surface area contributed by atoms with Crippen LogP contribution >= 0.6 is 0 Å². The molecule has 0 amide bonds. The molecule has 4 heteroatoms. The molecule has 1 unspecified atom stereocenters. The van der Waals surface area contributed by atoms with Gasteiger partial charge in [0.25, 0.3) is 0 Å². The monoisotopic (exact) mass is 480 g/mol. The zero-order valence-electron chi connectivity index (χ0n) is 20.4. The predicted octanol–water partition coefficient (Wildman–Crippen LogP) is 9.90. The van der Waals surface area contributed by atoms with E-state index >= 15 is 8.78 Å². The molecule has 0 fully saturated rings. The number of benzene rings is 3. The lowest BCUT2D eigenvalue weighted by molar-refractivity contribution is 0.427. The molecular weight excluding hydrogens is 448 g/mol. The third kappa shape index (κ3) is 5.37. The lowest BCUT2D eigenvalue weighted by atomic mass is 9.83. The van der Waals surface area contributed by atoms with E-state index in [1.807, 2.05) is 0 Å². The van der Waals surface area contributed by atoms with Crippen LogP contribution in [-0.2, 0) is 6.42 Å². The van der Waals surface area contributed by atoms with Crippen LogP contribution in [0.15, 0.2) is 54.6 Å². The fourth-order valence-corrected chi connectivity index (χ4v) is 5.01. The van der Waals surface area contributed by atoms with E-state index < -0.39 is 23.3 Å². The van der Waals surface area contributed by atoms with E-state index in [4.69, 9.17) is 0 Å². The third-order valence-electron chi connectivity index (χ3n) is 7.21. The van der Waals surface area contributed by atoms with E-state index in [9.17, 15) is 8.78 Å². The molecule has 0 bridgehead atoms. The zero-order chi connectivity index (χ0) is 24.9. The zero-order valence-corrected chi connectivity index (χ0v) is 20.4. The van der Waals surface area contributed by atoms with Crippen LogP contribution in [0.25, 0.3) is 27.8 Å². The molecule has 4 rings (SSSR count). The Labute approximate surface area is 205 Å². The topological polar surface area (TPSA) is 0 Å². The number of halogens is 4. The van der Waals surface area contributed by atoms with Crippen molar-refractivity contribution in [3.8, 4) is 22.3 Å². The number of unbranched alkanes of at least 4 members (excludes halogenated alkanes) is 2. The molecule has 1 aliphatic rings. The van der Waals surface area contributed by atoms with E-state index in [0.29, 0.717) is 34.6 Å². The van der Waals surface area contributed by atoms with Crippen LogP contribution in [0.5, 0.6) is 0 Å². The molecule has 0 radical (unpaired) electrons. The van der Waals surface area contributed by atoms with Crippen LogP contribution in [0.4, 0.5) is 17.6 Å². The van der Waals surface area contributed by atoms with Gasteiger partial charge in [0, 0.05) is 16.7 Å². The third-order valence-corrected chi connectivity index (χ3v) is 7.21. The summed E-state index contributed by atoms with van der Waals surface area (Å²) >= 11 is 0. The van der Waals surface area contributed by atoms with Gasteiger partial charge in [-0.2, -0.15) is 0 Å². The van der Waals surface area contributed by atoms with Crippen LogP contribution in [0, 0.1) is 29.2 Å². The second kappa shape index (κ2) is 11.2. The molecule has 0 spiro atoms. The number of rotatable bonds is 8. The molecule has 0 saturated carbocycles. The summed E-state index contributed by atoms with van der Waals surface area (Å²) in [6.45, 7) is 3.96. The normalized spacial score (nSPS) is 15.8. The minimum atomic E-state index is -0.896. The molecule has 0 nitrogen and oxygen atoms in total. The van der Waals surface area contributed by atoms with Gasteiger partial charge in [0.2, 0.25) is 0 Å². The summed E-state index contributed by atoms with van der Waals surface area (Å²) in [5.41, 5.74) is 2.79. The summed E-state index contributed by atoms with van der Waals surface area (Å²) < 4.78 is 58.9. The van der Waals surface area contributed by atoms with Crippen LogP contribution < -0.4 is 0 Å². The number of aryl methyl sites for hydroxylation is 1. The highest BCUT2D eigenvalue weighted by molar-refractivity contribution is 5.74. The first kappa shape index (κ1) is 25.2. The van der Waals surface area contributed by atoms with Gasteiger partial charge in [-0.25, -0.2) is 17.6 Å². The molecule has 1 aliphatic carbocycles. The van der Waals surface area contributed by atoms with Crippen molar-refractivity contribution in [3.63, 3.8) is 0 Å². The Morgan fingerprint density at radius 3 is 1.83 bits per heavy atom. The van der Waals surface area contributed by atoms with Gasteiger partial charge in [0.15, 0.2) is 23.3 Å². The summed E-state index contributed by atoms with van der Waals surface area (Å²) in [4.78, 5) is 0. The van der Waals surface area contributed by atoms with Crippen molar-refractivity contribution < 1.29 is 17.6 Å². The summed E-state index contributed by atoms with van der Waals surface area (Å²) in [5, 5.41) is 0. The Morgan fingerprint density at radius 2 is 1.26 bits per heavy atom. The SMILES string of the molecule is CCCCCC1CC=C(c2ccc(-c3ccc(-c4ccc(CC)c(F)c4F)cc3)c(F)c2F)CC1. The Hall–Kier alpha value is -2.88. The highest BCUT2D eigenvalue weighted by atomic mass is 19.2. The van der Waals surface area contributed by atoms with Gasteiger partial charge >= 0.3 is 0 Å². The van der Waals surface area contributed by atoms with Gasteiger partial charge < -0.3 is 0 Å². The Bertz CT molecular complexity index is 1210. The molecule has 3 aromatic rings. The van der Waals surface area contributed by atoms with E-state index in [1.54, 1.807) is 55.5 Å². The quantitative estimate of drug-likeness (QED) is 0.222. The minimum absolute atomic E-state index is 0.144. The van der Waals surface area contributed by atoms with Crippen LogP contribution in [0.2, 0.25) is 0 Å². The largest absolute Gasteiger partial charge is 0.203 e. The summed E-state index contributed by atoms with van der Waals surface area (Å²) in [5.74, 6) is -2.82. The average Bonchev–Trinajstić information content (AvgIpc) is 2.88. The summed E-state index contributed by atoms with van der Waals surface area (Å²) in [6.07, 6.45) is 10.0. The second-order valence-corrected chi connectivity index (χ2v) is 9.49. The van der Waals surface area contributed by atoms with Crippen molar-refractivity contribution in [1.29, 1.82) is 0 Å². The molecule has 3 aromatic carbocycles. The average molecular weight is 481 g/mol. The van der Waals surface area contributed by atoms with Gasteiger partial charge in [0.05, 0.1) is 0 Å². The van der Waals surface area contributed by atoms with E-state index in [1.165, 1.54) is 25.7 Å². The maximum absolute atomic E-state index is 15.1. The van der Waals surface area contributed by atoms with Gasteiger partial charge in [-0.15, -0.1) is 0 Å². The lowest BCUT2D eigenvalue weighted by Gasteiger charge is -2.22. The maximum atomic E-state index is 15.1. The first-order valence-corrected chi connectivity index (χ1v) is 12.7.